The first-order valence-corrected chi connectivity index (χ1v) is 6.15. The zero-order valence-electron chi connectivity index (χ0n) is 8.15. The van der Waals surface area contributed by atoms with Gasteiger partial charge in [0.15, 0.2) is 0 Å². The molecule has 0 radical (unpaired) electrons. The maximum atomic E-state index is 4.65. The average molecular weight is 264 g/mol. The minimum absolute atomic E-state index is 0.713. The lowest BCUT2D eigenvalue weighted by Crippen LogP contribution is -1.99. The van der Waals surface area contributed by atoms with Crippen LogP contribution >= 0.6 is 15.9 Å². The molecule has 2 aliphatic rings. The number of hydrogen-bond acceptors (Lipinski definition) is 2. The Kier molecular flexibility index (Phi) is 1.44. The second kappa shape index (κ2) is 2.61. The Labute approximate surface area is 95.7 Å². The molecule has 2 aromatic rings. The van der Waals surface area contributed by atoms with Gasteiger partial charge in [0.25, 0.3) is 0 Å². The first kappa shape index (κ1) is 8.28. The van der Waals surface area contributed by atoms with Gasteiger partial charge in [-0.1, -0.05) is 0 Å². The van der Waals surface area contributed by atoms with Crippen molar-refractivity contribution in [1.29, 1.82) is 0 Å². The fourth-order valence-electron chi connectivity index (χ4n) is 3.13. The highest BCUT2D eigenvalue weighted by atomic mass is 79.9. The Morgan fingerprint density at radius 2 is 2.20 bits per heavy atom. The molecule has 2 bridgehead atoms. The third-order valence-corrected chi connectivity index (χ3v) is 4.13. The van der Waals surface area contributed by atoms with Gasteiger partial charge in [-0.15, -0.1) is 0 Å². The van der Waals surface area contributed by atoms with Crippen molar-refractivity contribution in [2.45, 2.75) is 31.1 Å². The van der Waals surface area contributed by atoms with Crippen molar-refractivity contribution in [3.8, 4) is 0 Å². The Balaban J connectivity index is 2.10. The van der Waals surface area contributed by atoms with Crippen molar-refractivity contribution in [1.82, 2.24) is 14.4 Å². The van der Waals surface area contributed by atoms with Crippen LogP contribution in [0.1, 0.15) is 42.5 Å². The second-order valence-corrected chi connectivity index (χ2v) is 5.45. The Morgan fingerprint density at radius 1 is 1.33 bits per heavy atom. The van der Waals surface area contributed by atoms with Gasteiger partial charge in [0.1, 0.15) is 0 Å². The normalized spacial score (nSPS) is 27.5. The third-order valence-electron chi connectivity index (χ3n) is 3.72. The Morgan fingerprint density at radius 3 is 3.13 bits per heavy atom. The van der Waals surface area contributed by atoms with Crippen molar-refractivity contribution in [2.75, 3.05) is 0 Å². The molecule has 2 unspecified atom stereocenters. The molecule has 0 aromatic carbocycles. The molecule has 76 valence electrons. The lowest BCUT2D eigenvalue weighted by atomic mass is 10.0. The quantitative estimate of drug-likeness (QED) is 0.732. The standard InChI is InChI=1S/C11H10BrN3/c12-8-4-13-11-14-9-6-1-2-7(3-6)10(9)15(11)5-8/h4-7H,1-3H2. The molecule has 0 spiro atoms. The van der Waals surface area contributed by atoms with Gasteiger partial charge in [-0.05, 0) is 35.2 Å². The molecular formula is C11H10BrN3. The van der Waals surface area contributed by atoms with E-state index in [1.165, 1.54) is 30.7 Å². The van der Waals surface area contributed by atoms with Crippen LogP contribution in [-0.4, -0.2) is 14.4 Å². The molecule has 1 saturated carbocycles. The molecule has 1 fully saturated rings. The summed E-state index contributed by atoms with van der Waals surface area (Å²) in [5.74, 6) is 2.31. The summed E-state index contributed by atoms with van der Waals surface area (Å²) in [5.41, 5.74) is 2.74. The summed E-state index contributed by atoms with van der Waals surface area (Å²) in [5, 5.41) is 0. The number of imidazole rings is 1. The predicted molar refractivity (Wildman–Crippen MR) is 60.0 cm³/mol. The van der Waals surface area contributed by atoms with Gasteiger partial charge in [-0.25, -0.2) is 9.97 Å². The van der Waals surface area contributed by atoms with Gasteiger partial charge in [0, 0.05) is 24.2 Å². The van der Waals surface area contributed by atoms with Crippen molar-refractivity contribution >= 4 is 21.7 Å². The van der Waals surface area contributed by atoms with Gasteiger partial charge in [0.05, 0.1) is 15.9 Å². The van der Waals surface area contributed by atoms with Crippen LogP contribution < -0.4 is 0 Å². The van der Waals surface area contributed by atoms with Crippen molar-refractivity contribution < 1.29 is 0 Å². The third kappa shape index (κ3) is 0.956. The molecule has 2 aliphatic carbocycles. The zero-order valence-corrected chi connectivity index (χ0v) is 9.74. The van der Waals surface area contributed by atoms with Crippen LogP contribution in [0, 0.1) is 0 Å². The summed E-state index contributed by atoms with van der Waals surface area (Å²) in [7, 11) is 0. The van der Waals surface area contributed by atoms with Crippen LogP contribution in [0.2, 0.25) is 0 Å². The van der Waals surface area contributed by atoms with E-state index in [0.717, 1.165) is 16.2 Å². The van der Waals surface area contributed by atoms with Crippen molar-refractivity contribution in [2.24, 2.45) is 0 Å². The molecule has 0 saturated heterocycles. The van der Waals surface area contributed by atoms with E-state index in [-0.39, 0.29) is 0 Å². The second-order valence-electron chi connectivity index (χ2n) is 4.53. The molecule has 3 nitrogen and oxygen atoms in total. The molecule has 4 rings (SSSR count). The fourth-order valence-corrected chi connectivity index (χ4v) is 3.44. The lowest BCUT2D eigenvalue weighted by molar-refractivity contribution is 0.689. The highest BCUT2D eigenvalue weighted by molar-refractivity contribution is 9.10. The lowest BCUT2D eigenvalue weighted by Gasteiger charge is -2.09. The summed E-state index contributed by atoms with van der Waals surface area (Å²) < 4.78 is 3.20. The van der Waals surface area contributed by atoms with Crippen LogP contribution in [0.4, 0.5) is 0 Å². The maximum absolute atomic E-state index is 4.65. The molecule has 2 heterocycles. The summed E-state index contributed by atoms with van der Waals surface area (Å²) in [6.07, 6.45) is 7.88. The van der Waals surface area contributed by atoms with E-state index in [1.54, 1.807) is 0 Å². The van der Waals surface area contributed by atoms with Crippen LogP contribution in [0.15, 0.2) is 16.9 Å². The van der Waals surface area contributed by atoms with Gasteiger partial charge >= 0.3 is 0 Å². The number of nitrogens with zero attached hydrogens (tertiary/aromatic N) is 3. The van der Waals surface area contributed by atoms with Gasteiger partial charge in [-0.2, -0.15) is 0 Å². The van der Waals surface area contributed by atoms with E-state index in [2.05, 4.69) is 36.5 Å². The Bertz CT molecular complexity index is 560. The molecule has 15 heavy (non-hydrogen) atoms. The molecule has 2 atom stereocenters. The maximum Gasteiger partial charge on any atom is 0.234 e. The first-order chi connectivity index (χ1) is 7.33. The van der Waals surface area contributed by atoms with E-state index in [9.17, 15) is 0 Å². The molecule has 0 N–H and O–H groups in total. The van der Waals surface area contributed by atoms with Crippen LogP contribution in [0.5, 0.6) is 0 Å². The topological polar surface area (TPSA) is 30.2 Å². The molecule has 2 aromatic heterocycles. The smallest absolute Gasteiger partial charge is 0.234 e. The largest absolute Gasteiger partial charge is 0.286 e. The molecule has 0 amide bonds. The summed E-state index contributed by atoms with van der Waals surface area (Å²) in [6.45, 7) is 0. The van der Waals surface area contributed by atoms with Gasteiger partial charge < -0.3 is 0 Å². The van der Waals surface area contributed by atoms with E-state index >= 15 is 0 Å². The van der Waals surface area contributed by atoms with E-state index in [4.69, 9.17) is 0 Å². The average Bonchev–Trinajstić information content (AvgIpc) is 2.85. The van der Waals surface area contributed by atoms with E-state index in [1.807, 2.05) is 6.20 Å². The minimum Gasteiger partial charge on any atom is -0.286 e. The molecule has 0 aliphatic heterocycles. The highest BCUT2D eigenvalue weighted by Crippen LogP contribution is 2.52. The van der Waals surface area contributed by atoms with E-state index < -0.39 is 0 Å². The zero-order chi connectivity index (χ0) is 9.99. The predicted octanol–water partition coefficient (Wildman–Crippen LogP) is 2.86. The SMILES string of the molecule is Brc1cnc2nc3c(n2c1)C1CCC3C1. The number of hydrogen-bond donors (Lipinski definition) is 0. The summed E-state index contributed by atoms with van der Waals surface area (Å²) in [4.78, 5) is 8.99. The minimum atomic E-state index is 0.713. The Hall–Kier alpha value is -0.900. The van der Waals surface area contributed by atoms with Crippen LogP contribution in [0.3, 0.4) is 0 Å². The highest BCUT2D eigenvalue weighted by Gasteiger charge is 2.40. The van der Waals surface area contributed by atoms with Gasteiger partial charge in [-0.3, -0.25) is 4.40 Å². The van der Waals surface area contributed by atoms with Crippen molar-refractivity contribution in [3.05, 3.63) is 28.3 Å². The number of rotatable bonds is 0. The molecular weight excluding hydrogens is 254 g/mol. The summed E-state index contributed by atoms with van der Waals surface area (Å²) in [6, 6.07) is 0. The number of halogens is 1. The van der Waals surface area contributed by atoms with Crippen molar-refractivity contribution in [3.63, 3.8) is 0 Å². The van der Waals surface area contributed by atoms with Crippen LogP contribution in [0.25, 0.3) is 5.78 Å². The summed E-state index contributed by atoms with van der Waals surface area (Å²) >= 11 is 3.47. The van der Waals surface area contributed by atoms with Crippen LogP contribution in [-0.2, 0) is 0 Å². The van der Waals surface area contributed by atoms with E-state index in [0.29, 0.717) is 5.92 Å². The number of fused-ring (bicyclic) bond motifs is 7. The fraction of sp³-hybridized carbons (Fsp3) is 0.455. The molecule has 4 heteroatoms. The first-order valence-electron chi connectivity index (χ1n) is 5.36. The monoisotopic (exact) mass is 263 g/mol. The number of aromatic nitrogens is 3. The van der Waals surface area contributed by atoms with Gasteiger partial charge in [0.2, 0.25) is 5.78 Å².